The number of halogens is 4. The Bertz CT molecular complexity index is 886. The lowest BCUT2D eigenvalue weighted by molar-refractivity contribution is -0.889. The number of rotatable bonds is 9. The van der Waals surface area contributed by atoms with Crippen LogP contribution in [0.4, 0.5) is 23.2 Å². The van der Waals surface area contributed by atoms with Crippen molar-refractivity contribution in [2.45, 2.75) is 6.42 Å². The van der Waals surface area contributed by atoms with E-state index in [1.807, 2.05) is 0 Å². The summed E-state index contributed by atoms with van der Waals surface area (Å²) in [5, 5.41) is 4.70. The second kappa shape index (κ2) is 9.22. The number of carbonyl (C=O) groups excluding carboxylic acids is 1. The first-order valence-corrected chi connectivity index (χ1v) is 10.1. The van der Waals surface area contributed by atoms with Crippen LogP contribution in [0.15, 0.2) is 5.11 Å². The molecule has 156 valence electrons. The third-order valence-corrected chi connectivity index (χ3v) is 4.92. The van der Waals surface area contributed by atoms with Gasteiger partial charge in [0.1, 0.15) is 21.1 Å². The molecule has 0 aliphatic carbocycles. The summed E-state index contributed by atoms with van der Waals surface area (Å²) in [5.74, 6) is -9.27. The van der Waals surface area contributed by atoms with Gasteiger partial charge in [0.05, 0.1) is 39.5 Å². The molecular formula is C15H20F4N5O3S+. The highest BCUT2D eigenvalue weighted by Crippen LogP contribution is 2.30. The molecule has 0 aliphatic rings. The minimum absolute atomic E-state index is 0.00641. The van der Waals surface area contributed by atoms with Gasteiger partial charge >= 0.3 is 0 Å². The van der Waals surface area contributed by atoms with Crippen LogP contribution in [0, 0.1) is 23.3 Å². The molecule has 0 atom stereocenters. The van der Waals surface area contributed by atoms with Crippen molar-refractivity contribution < 1.29 is 35.3 Å². The fourth-order valence-electron chi connectivity index (χ4n) is 2.38. The molecule has 28 heavy (non-hydrogen) atoms. The van der Waals surface area contributed by atoms with Crippen LogP contribution in [-0.4, -0.2) is 64.5 Å². The lowest BCUT2D eigenvalue weighted by Crippen LogP contribution is -2.46. The normalized spacial score (nSPS) is 11.8. The molecule has 0 saturated heterocycles. The van der Waals surface area contributed by atoms with E-state index in [2.05, 4.69) is 15.3 Å². The van der Waals surface area contributed by atoms with Crippen molar-refractivity contribution in [3.63, 3.8) is 0 Å². The molecular weight excluding hydrogens is 406 g/mol. The molecule has 0 fully saturated rings. The fourth-order valence-corrected chi connectivity index (χ4v) is 3.03. The highest BCUT2D eigenvalue weighted by Gasteiger charge is 2.29. The van der Waals surface area contributed by atoms with Crippen LogP contribution >= 0.6 is 0 Å². The summed E-state index contributed by atoms with van der Waals surface area (Å²) in [5.41, 5.74) is 5.23. The molecule has 1 aromatic rings. The molecule has 0 aromatic heterocycles. The SMILES string of the molecule is C[N+](C)(CCCS(C)(=O)=O)CCNC(=O)c1c(F)c(F)c(N=[N+]=[N-])c(F)c1F. The molecule has 8 nitrogen and oxygen atoms in total. The third-order valence-electron chi connectivity index (χ3n) is 3.89. The molecule has 0 spiro atoms. The summed E-state index contributed by atoms with van der Waals surface area (Å²) in [6, 6.07) is 0. The largest absolute Gasteiger partial charge is 0.346 e. The Balaban J connectivity index is 2.83. The van der Waals surface area contributed by atoms with Gasteiger partial charge in [-0.2, -0.15) is 0 Å². The zero-order chi connectivity index (χ0) is 21.7. The predicted octanol–water partition coefficient (Wildman–Crippen LogP) is 2.43. The van der Waals surface area contributed by atoms with Crippen molar-refractivity contribution in [1.82, 2.24) is 5.32 Å². The standard InChI is InChI=1S/C15H19F4N5O3S/c1-24(2,6-4-8-28(3,26)27)7-5-21-15(25)9-10(16)12(18)14(22-23-20)13(19)11(9)17/h4-8H2,1-3H3/p+1. The van der Waals surface area contributed by atoms with E-state index in [9.17, 15) is 30.8 Å². The molecule has 0 saturated carbocycles. The molecule has 0 radical (unpaired) electrons. The van der Waals surface area contributed by atoms with Crippen LogP contribution in [0.3, 0.4) is 0 Å². The van der Waals surface area contributed by atoms with Gasteiger partial charge in [0.2, 0.25) is 0 Å². The number of carbonyl (C=O) groups is 1. The van der Waals surface area contributed by atoms with Gasteiger partial charge in [-0.05, 0) is 5.53 Å². The molecule has 0 bridgehead atoms. The number of benzene rings is 1. The molecule has 1 rings (SSSR count). The van der Waals surface area contributed by atoms with Crippen LogP contribution in [0.1, 0.15) is 16.8 Å². The second-order valence-electron chi connectivity index (χ2n) is 6.79. The van der Waals surface area contributed by atoms with Gasteiger partial charge in [0.15, 0.2) is 23.3 Å². The molecule has 13 heteroatoms. The van der Waals surface area contributed by atoms with E-state index in [1.54, 1.807) is 14.1 Å². The fraction of sp³-hybridized carbons (Fsp3) is 0.533. The number of nitrogens with one attached hydrogen (secondary N) is 1. The van der Waals surface area contributed by atoms with Crippen molar-refractivity contribution in [3.05, 3.63) is 39.3 Å². The first-order chi connectivity index (χ1) is 12.8. The Kier molecular flexibility index (Phi) is 7.79. The maximum absolute atomic E-state index is 13.9. The van der Waals surface area contributed by atoms with E-state index in [4.69, 9.17) is 5.53 Å². The van der Waals surface area contributed by atoms with Crippen molar-refractivity contribution >= 4 is 21.4 Å². The average Bonchev–Trinajstić information content (AvgIpc) is 2.55. The maximum atomic E-state index is 13.9. The number of likely N-dealkylation sites (N-methyl/N-ethyl adjacent to an activating group) is 1. The first-order valence-electron chi connectivity index (χ1n) is 7.99. The zero-order valence-electron chi connectivity index (χ0n) is 15.5. The van der Waals surface area contributed by atoms with Crippen LogP contribution < -0.4 is 5.32 Å². The van der Waals surface area contributed by atoms with E-state index in [0.29, 0.717) is 17.4 Å². The number of nitrogens with zero attached hydrogens (tertiary/aromatic N) is 4. The Morgan fingerprint density at radius 3 is 2.11 bits per heavy atom. The minimum atomic E-state index is -3.11. The van der Waals surface area contributed by atoms with Crippen LogP contribution in [0.5, 0.6) is 0 Å². The number of quaternary nitrogens is 1. The topological polar surface area (TPSA) is 112 Å². The molecule has 0 aliphatic heterocycles. The van der Waals surface area contributed by atoms with Crippen LogP contribution in [0.25, 0.3) is 10.4 Å². The van der Waals surface area contributed by atoms with E-state index >= 15 is 0 Å². The van der Waals surface area contributed by atoms with E-state index in [1.165, 1.54) is 0 Å². The first kappa shape index (κ1) is 23.7. The summed E-state index contributed by atoms with van der Waals surface area (Å²) >= 11 is 0. The van der Waals surface area contributed by atoms with E-state index in [-0.39, 0.29) is 18.8 Å². The minimum Gasteiger partial charge on any atom is -0.346 e. The van der Waals surface area contributed by atoms with Crippen LogP contribution in [0.2, 0.25) is 0 Å². The lowest BCUT2D eigenvalue weighted by atomic mass is 10.1. The summed E-state index contributed by atoms with van der Waals surface area (Å²) < 4.78 is 77.9. The van der Waals surface area contributed by atoms with Gasteiger partial charge in [-0.3, -0.25) is 4.79 Å². The Morgan fingerprint density at radius 1 is 1.11 bits per heavy atom. The van der Waals surface area contributed by atoms with Gasteiger partial charge in [-0.25, -0.2) is 26.0 Å². The van der Waals surface area contributed by atoms with Crippen molar-refractivity contribution in [2.24, 2.45) is 5.11 Å². The van der Waals surface area contributed by atoms with Crippen LogP contribution in [-0.2, 0) is 9.84 Å². The molecule has 1 aromatic carbocycles. The highest BCUT2D eigenvalue weighted by atomic mass is 32.2. The maximum Gasteiger partial charge on any atom is 0.257 e. The van der Waals surface area contributed by atoms with Gasteiger partial charge in [0, 0.05) is 17.6 Å². The Labute approximate surface area is 159 Å². The molecule has 0 unspecified atom stereocenters. The second-order valence-corrected chi connectivity index (χ2v) is 9.05. The highest BCUT2D eigenvalue weighted by molar-refractivity contribution is 7.90. The summed E-state index contributed by atoms with van der Waals surface area (Å²) in [6.07, 6.45) is 1.49. The monoisotopic (exact) mass is 426 g/mol. The Hall–Kier alpha value is -2.37. The summed E-state index contributed by atoms with van der Waals surface area (Å²) in [6.45, 7) is 0.626. The lowest BCUT2D eigenvalue weighted by Gasteiger charge is -2.29. The zero-order valence-corrected chi connectivity index (χ0v) is 16.3. The Morgan fingerprint density at radius 2 is 1.64 bits per heavy atom. The third kappa shape index (κ3) is 6.36. The number of hydrogen-bond acceptors (Lipinski definition) is 4. The van der Waals surface area contributed by atoms with Gasteiger partial charge < -0.3 is 9.80 Å². The number of sulfone groups is 1. The number of azide groups is 1. The predicted molar refractivity (Wildman–Crippen MR) is 93.6 cm³/mol. The van der Waals surface area contributed by atoms with Crippen molar-refractivity contribution in [2.75, 3.05) is 45.7 Å². The summed E-state index contributed by atoms with van der Waals surface area (Å²) in [4.78, 5) is 14.0. The quantitative estimate of drug-likeness (QED) is 0.163. The average molecular weight is 426 g/mol. The van der Waals surface area contributed by atoms with Gasteiger partial charge in [-0.1, -0.05) is 5.11 Å². The smallest absolute Gasteiger partial charge is 0.257 e. The van der Waals surface area contributed by atoms with Gasteiger partial charge in [0.25, 0.3) is 5.91 Å². The van der Waals surface area contributed by atoms with E-state index in [0.717, 1.165) is 6.26 Å². The summed E-state index contributed by atoms with van der Waals surface area (Å²) in [7, 11) is 0.401. The van der Waals surface area contributed by atoms with Gasteiger partial charge in [-0.15, -0.1) is 0 Å². The molecule has 1 N–H and O–H groups in total. The molecule has 1 amide bonds. The van der Waals surface area contributed by atoms with E-state index < -0.39 is 50.3 Å². The number of amides is 1. The van der Waals surface area contributed by atoms with Crippen molar-refractivity contribution in [3.8, 4) is 0 Å². The number of hydrogen-bond donors (Lipinski definition) is 1. The van der Waals surface area contributed by atoms with Crippen molar-refractivity contribution in [1.29, 1.82) is 0 Å². The molecule has 0 heterocycles.